The molecule has 7 nitrogen and oxygen atoms in total. The number of sulfonamides is 1. The molecule has 0 saturated heterocycles. The van der Waals surface area contributed by atoms with Crippen LogP contribution in [-0.4, -0.2) is 50.3 Å². The Bertz CT molecular complexity index is 1420. The summed E-state index contributed by atoms with van der Waals surface area (Å²) in [7, 11) is -4.31. The summed E-state index contributed by atoms with van der Waals surface area (Å²) < 4.78 is 43.4. The Balaban J connectivity index is 1.64. The third-order valence-electron chi connectivity index (χ3n) is 7.61. The van der Waals surface area contributed by atoms with Gasteiger partial charge in [-0.25, -0.2) is 12.8 Å². The van der Waals surface area contributed by atoms with E-state index in [1.807, 2.05) is 37.3 Å². The Morgan fingerprint density at radius 1 is 0.927 bits per heavy atom. The van der Waals surface area contributed by atoms with Crippen LogP contribution in [0.3, 0.4) is 0 Å². The molecule has 1 N–H and O–H groups in total. The summed E-state index contributed by atoms with van der Waals surface area (Å²) in [5, 5.41) is 3.08. The number of halogens is 1. The second-order valence-corrected chi connectivity index (χ2v) is 12.5. The van der Waals surface area contributed by atoms with Gasteiger partial charge in [-0.15, -0.1) is 0 Å². The zero-order valence-corrected chi connectivity index (χ0v) is 24.4. The number of nitrogens with zero attached hydrogens (tertiary/aromatic N) is 2. The van der Waals surface area contributed by atoms with Crippen molar-refractivity contribution in [3.8, 4) is 0 Å². The number of carbonyl (C=O) groups is 2. The van der Waals surface area contributed by atoms with Crippen molar-refractivity contribution in [3.05, 3.63) is 95.8 Å². The predicted octanol–water partition coefficient (Wildman–Crippen LogP) is 5.24. The summed E-state index contributed by atoms with van der Waals surface area (Å²) in [5.41, 5.74) is 1.61. The molecule has 4 rings (SSSR count). The molecule has 2 amide bonds. The number of amides is 2. The van der Waals surface area contributed by atoms with E-state index in [-0.39, 0.29) is 29.1 Å². The van der Waals surface area contributed by atoms with E-state index in [4.69, 9.17) is 0 Å². The second-order valence-electron chi connectivity index (χ2n) is 10.6. The summed E-state index contributed by atoms with van der Waals surface area (Å²) in [5.74, 6) is -1.64. The molecule has 0 bridgehead atoms. The van der Waals surface area contributed by atoms with Gasteiger partial charge in [0.1, 0.15) is 18.4 Å². The number of anilines is 1. The molecule has 218 valence electrons. The maximum Gasteiger partial charge on any atom is 0.264 e. The lowest BCUT2D eigenvalue weighted by Crippen LogP contribution is -2.53. The number of hydrogen-bond donors (Lipinski definition) is 1. The maximum atomic E-state index is 15.0. The third-order valence-corrected chi connectivity index (χ3v) is 9.39. The van der Waals surface area contributed by atoms with Gasteiger partial charge < -0.3 is 10.2 Å². The summed E-state index contributed by atoms with van der Waals surface area (Å²) in [6.07, 6.45) is 5.50. The van der Waals surface area contributed by atoms with Gasteiger partial charge in [-0.1, -0.05) is 79.4 Å². The van der Waals surface area contributed by atoms with E-state index in [1.165, 1.54) is 35.2 Å². The Hall–Kier alpha value is -3.72. The second kappa shape index (κ2) is 13.8. The number of hydrogen-bond acceptors (Lipinski definition) is 4. The first kappa shape index (κ1) is 30.2. The zero-order chi connectivity index (χ0) is 29.4. The SMILES string of the molecule is Cc1ccc(S(=O)(=O)N(CC(=O)N(CCc2ccccc2)C(C)C(=O)NC2CCCCC2)c2ccccc2F)cc1. The van der Waals surface area contributed by atoms with Gasteiger partial charge in [-0.2, -0.15) is 0 Å². The topological polar surface area (TPSA) is 86.8 Å². The van der Waals surface area contributed by atoms with Gasteiger partial charge in [0.25, 0.3) is 10.0 Å². The predicted molar refractivity (Wildman–Crippen MR) is 158 cm³/mol. The van der Waals surface area contributed by atoms with Crippen LogP contribution >= 0.6 is 0 Å². The lowest BCUT2D eigenvalue weighted by Gasteiger charge is -2.33. The van der Waals surface area contributed by atoms with Crippen LogP contribution in [0.15, 0.2) is 83.8 Å². The Kier molecular flexibility index (Phi) is 10.2. The highest BCUT2D eigenvalue weighted by Crippen LogP contribution is 2.27. The molecule has 1 saturated carbocycles. The molecular weight excluding hydrogens is 541 g/mol. The number of nitrogens with one attached hydrogen (secondary N) is 1. The van der Waals surface area contributed by atoms with E-state index >= 15 is 4.39 Å². The van der Waals surface area contributed by atoms with Crippen molar-refractivity contribution in [2.75, 3.05) is 17.4 Å². The van der Waals surface area contributed by atoms with Crippen molar-refractivity contribution >= 4 is 27.5 Å². The molecule has 0 radical (unpaired) electrons. The first-order chi connectivity index (χ1) is 19.7. The van der Waals surface area contributed by atoms with Gasteiger partial charge >= 0.3 is 0 Å². The standard InChI is InChI=1S/C32H38FN3O4S/c1-24-17-19-28(20-18-24)41(39,40)36(30-16-10-9-15-29(30)33)23-31(37)35(22-21-26-11-5-3-6-12-26)25(2)32(38)34-27-13-7-4-8-14-27/h3,5-6,9-12,15-20,25,27H,4,7-8,13-14,21-23H2,1-2H3,(H,34,38). The molecule has 1 aliphatic rings. The summed E-state index contributed by atoms with van der Waals surface area (Å²) in [4.78, 5) is 28.6. The van der Waals surface area contributed by atoms with Crippen molar-refractivity contribution in [3.63, 3.8) is 0 Å². The van der Waals surface area contributed by atoms with Crippen molar-refractivity contribution in [2.24, 2.45) is 0 Å². The lowest BCUT2D eigenvalue weighted by molar-refractivity contribution is -0.139. The van der Waals surface area contributed by atoms with E-state index in [9.17, 15) is 18.0 Å². The van der Waals surface area contributed by atoms with Crippen molar-refractivity contribution < 1.29 is 22.4 Å². The molecule has 0 heterocycles. The molecule has 41 heavy (non-hydrogen) atoms. The third kappa shape index (κ3) is 7.73. The number of para-hydroxylation sites is 1. The summed E-state index contributed by atoms with van der Waals surface area (Å²) >= 11 is 0. The molecule has 1 atom stereocenters. The number of carbonyl (C=O) groups excluding carboxylic acids is 2. The molecule has 9 heteroatoms. The average molecular weight is 580 g/mol. The molecule has 3 aromatic rings. The van der Waals surface area contributed by atoms with Crippen LogP contribution in [0.25, 0.3) is 0 Å². The van der Waals surface area contributed by atoms with Crippen LogP contribution in [0, 0.1) is 12.7 Å². The van der Waals surface area contributed by atoms with Crippen LogP contribution in [0.4, 0.5) is 10.1 Å². The van der Waals surface area contributed by atoms with Crippen LogP contribution in [0.5, 0.6) is 0 Å². The quantitative estimate of drug-likeness (QED) is 0.337. The van der Waals surface area contributed by atoms with E-state index in [0.29, 0.717) is 6.42 Å². The normalized spacial score (nSPS) is 14.7. The molecular formula is C32H38FN3O4S. The summed E-state index contributed by atoms with van der Waals surface area (Å²) in [6.45, 7) is 3.02. The molecule has 0 aromatic heterocycles. The highest BCUT2D eigenvalue weighted by Gasteiger charge is 2.34. The highest BCUT2D eigenvalue weighted by molar-refractivity contribution is 7.92. The van der Waals surface area contributed by atoms with E-state index in [0.717, 1.165) is 53.6 Å². The van der Waals surface area contributed by atoms with Gasteiger partial charge in [0, 0.05) is 12.6 Å². The molecule has 1 fully saturated rings. The average Bonchev–Trinajstić information content (AvgIpc) is 2.97. The van der Waals surface area contributed by atoms with Gasteiger partial charge in [-0.05, 0) is 62.9 Å². The van der Waals surface area contributed by atoms with E-state index < -0.39 is 34.3 Å². The number of rotatable bonds is 11. The van der Waals surface area contributed by atoms with Crippen LogP contribution in [-0.2, 0) is 26.0 Å². The van der Waals surface area contributed by atoms with Gasteiger partial charge in [0.05, 0.1) is 10.6 Å². The van der Waals surface area contributed by atoms with Crippen LogP contribution in [0.1, 0.15) is 50.2 Å². The molecule has 0 spiro atoms. The largest absolute Gasteiger partial charge is 0.352 e. The highest BCUT2D eigenvalue weighted by atomic mass is 32.2. The summed E-state index contributed by atoms with van der Waals surface area (Å²) in [6, 6.07) is 20.4. The first-order valence-corrected chi connectivity index (χ1v) is 15.6. The van der Waals surface area contributed by atoms with Crippen molar-refractivity contribution in [1.29, 1.82) is 0 Å². The van der Waals surface area contributed by atoms with Gasteiger partial charge in [-0.3, -0.25) is 13.9 Å². The smallest absolute Gasteiger partial charge is 0.264 e. The molecule has 1 aliphatic carbocycles. The fourth-order valence-electron chi connectivity index (χ4n) is 5.14. The van der Waals surface area contributed by atoms with Crippen molar-refractivity contribution in [1.82, 2.24) is 10.2 Å². The minimum atomic E-state index is -4.31. The molecule has 3 aromatic carbocycles. The van der Waals surface area contributed by atoms with Crippen LogP contribution < -0.4 is 9.62 Å². The number of benzene rings is 3. The fourth-order valence-corrected chi connectivity index (χ4v) is 6.57. The van der Waals surface area contributed by atoms with E-state index in [2.05, 4.69) is 5.32 Å². The number of aryl methyl sites for hydroxylation is 1. The minimum Gasteiger partial charge on any atom is -0.352 e. The monoisotopic (exact) mass is 579 g/mol. The Morgan fingerprint density at radius 2 is 1.56 bits per heavy atom. The molecule has 1 unspecified atom stereocenters. The van der Waals surface area contributed by atoms with Crippen molar-refractivity contribution in [2.45, 2.75) is 69.4 Å². The molecule has 0 aliphatic heterocycles. The van der Waals surface area contributed by atoms with Crippen LogP contribution in [0.2, 0.25) is 0 Å². The lowest BCUT2D eigenvalue weighted by atomic mass is 9.95. The Labute approximate surface area is 242 Å². The Morgan fingerprint density at radius 3 is 2.22 bits per heavy atom. The van der Waals surface area contributed by atoms with Gasteiger partial charge in [0.15, 0.2) is 0 Å². The van der Waals surface area contributed by atoms with E-state index in [1.54, 1.807) is 19.1 Å². The first-order valence-electron chi connectivity index (χ1n) is 14.1. The zero-order valence-electron chi connectivity index (χ0n) is 23.6. The maximum absolute atomic E-state index is 15.0. The minimum absolute atomic E-state index is 0.0570. The fraction of sp³-hybridized carbons (Fsp3) is 0.375. The van der Waals surface area contributed by atoms with Gasteiger partial charge in [0.2, 0.25) is 11.8 Å².